The highest BCUT2D eigenvalue weighted by Crippen LogP contribution is 2.51. The number of benzene rings is 13. The fraction of sp³-hybridized carbons (Fsp3) is 0. The second kappa shape index (κ2) is 38.1. The molecule has 0 saturated carbocycles. The molecule has 0 spiro atoms. The zero-order valence-corrected chi connectivity index (χ0v) is 69.0. The van der Waals surface area contributed by atoms with Crippen molar-refractivity contribution in [3.8, 4) is 224 Å². The van der Waals surface area contributed by atoms with Gasteiger partial charge in [0.25, 0.3) is 0 Å². The molecule has 0 bridgehead atoms. The Labute approximate surface area is 775 Å². The Bertz CT molecular complexity index is 6400. The van der Waals surface area contributed by atoms with Crippen molar-refractivity contribution in [1.29, 1.82) is 0 Å². The molecule has 0 atom stereocenters. The third-order valence-corrected chi connectivity index (χ3v) is 18.8. The first-order valence-corrected chi connectivity index (χ1v) is 38.0. The number of carbonyl (C=O) groups excluding carboxylic acids is 12. The number of hydrogen-bond acceptors (Lipinski definition) is 51. The number of aromatic hydroxyl groups is 27. The van der Waals surface area contributed by atoms with Crippen molar-refractivity contribution in [2.75, 3.05) is 0 Å². The maximum atomic E-state index is 15.3. The Morgan fingerprint density at radius 3 is 0.326 bits per heavy atom. The summed E-state index contributed by atoms with van der Waals surface area (Å²) < 4.78 is 66.4. The van der Waals surface area contributed by atoms with Crippen LogP contribution >= 0.6 is 0 Å². The van der Waals surface area contributed by atoms with Crippen LogP contribution in [-0.4, -0.2) is 210 Å². The van der Waals surface area contributed by atoms with Gasteiger partial charge >= 0.3 is 71.6 Å². The lowest BCUT2D eigenvalue weighted by Crippen LogP contribution is -2.18. The van der Waals surface area contributed by atoms with Gasteiger partial charge in [0.1, 0.15) is 17.2 Å². The van der Waals surface area contributed by atoms with Crippen LogP contribution < -0.4 is 56.8 Å². The number of ether oxygens (including phenoxy) is 12. The summed E-state index contributed by atoms with van der Waals surface area (Å²) in [4.78, 5) is 174. The Morgan fingerprint density at radius 2 is 0.213 bits per heavy atom. The standard InChI is InChI=1S/C90H54O51/c91-43-1-28(2-44(92)67(43)109)82(121)133-61-19-37(20-62(134-83(122)29-3-45(93)68(110)46(94)4-29)76(61)139-88(127)34-13-55(103)73(115)56(104)14-34)79(118)130-40-25-41(131-80(119)38-21-63(135-84(123)30-5-47(95)69(111)48(96)6-30)77(140-89(128)35-15-57(105)74(116)58(106)16-35)64(22-38)136-85(124)31-7-49(97)70(112)50(98)8-31)27-42(26-40)132-81(120)39-23-65(137-86(125)32-9-51(99)71(113)52(100)10-32)78(141-90(129)36-17-59(107)75(117)60(108)18-36)66(24-39)138-87(126)33-11-53(101)72(114)54(102)12-33/h1-27,91-117H. The van der Waals surface area contributed by atoms with Crippen LogP contribution in [0.1, 0.15) is 124 Å². The normalized spacial score (nSPS) is 10.8. The van der Waals surface area contributed by atoms with E-state index < -0.39 is 363 Å². The lowest BCUT2D eigenvalue weighted by atomic mass is 10.1. The maximum absolute atomic E-state index is 15.3. The molecule has 720 valence electrons. The van der Waals surface area contributed by atoms with Crippen LogP contribution in [-0.2, 0) is 0 Å². The van der Waals surface area contributed by atoms with E-state index >= 15 is 14.4 Å². The van der Waals surface area contributed by atoms with Gasteiger partial charge in [0.2, 0.25) is 17.2 Å². The van der Waals surface area contributed by atoms with Crippen LogP contribution in [0.15, 0.2) is 164 Å². The topological polar surface area (TPSA) is 862 Å². The second-order valence-electron chi connectivity index (χ2n) is 28.5. The Kier molecular flexibility index (Phi) is 26.1. The molecular weight excluding hydrogens is 1900 g/mol. The lowest BCUT2D eigenvalue weighted by molar-refractivity contribution is 0.0650. The first-order chi connectivity index (χ1) is 66.4. The number of carbonyl (C=O) groups is 12. The van der Waals surface area contributed by atoms with E-state index in [0.717, 1.165) is 0 Å². The van der Waals surface area contributed by atoms with E-state index in [1.165, 1.54) is 0 Å². The molecule has 13 aromatic rings. The van der Waals surface area contributed by atoms with Gasteiger partial charge in [-0.3, -0.25) is 0 Å². The molecule has 27 N–H and O–H groups in total. The quantitative estimate of drug-likeness (QED) is 0.0153. The largest absolute Gasteiger partial charge is 0.504 e. The number of esters is 12. The molecule has 0 aliphatic heterocycles. The van der Waals surface area contributed by atoms with Gasteiger partial charge < -0.3 is 195 Å². The van der Waals surface area contributed by atoms with Gasteiger partial charge in [-0.15, -0.1) is 0 Å². The maximum Gasteiger partial charge on any atom is 0.344 e. The molecule has 0 aliphatic carbocycles. The van der Waals surface area contributed by atoms with Crippen molar-refractivity contribution in [2.45, 2.75) is 0 Å². The van der Waals surface area contributed by atoms with E-state index in [9.17, 15) is 181 Å². The lowest BCUT2D eigenvalue weighted by Gasteiger charge is -2.18. The molecule has 0 aliphatic rings. The minimum atomic E-state index is -1.98. The molecule has 0 amide bonds. The number of hydrogen-bond donors (Lipinski definition) is 27. The molecule has 0 aromatic heterocycles. The van der Waals surface area contributed by atoms with Crippen LogP contribution in [0.5, 0.6) is 224 Å². The Hall–Kier alpha value is -21.9. The highest BCUT2D eigenvalue weighted by molar-refractivity contribution is 6.04. The zero-order valence-electron chi connectivity index (χ0n) is 69.0. The van der Waals surface area contributed by atoms with Crippen molar-refractivity contribution in [2.24, 2.45) is 0 Å². The molecule has 0 radical (unpaired) electrons. The van der Waals surface area contributed by atoms with Crippen LogP contribution in [0.4, 0.5) is 0 Å². The van der Waals surface area contributed by atoms with Crippen molar-refractivity contribution >= 4 is 71.6 Å². The van der Waals surface area contributed by atoms with Gasteiger partial charge in [0, 0.05) is 18.2 Å². The first-order valence-electron chi connectivity index (χ1n) is 38.0. The molecule has 51 heteroatoms. The molecule has 13 rings (SSSR count). The van der Waals surface area contributed by atoms with E-state index in [0.29, 0.717) is 164 Å². The van der Waals surface area contributed by atoms with E-state index in [1.807, 2.05) is 0 Å². The smallest absolute Gasteiger partial charge is 0.344 e. The second-order valence-corrected chi connectivity index (χ2v) is 28.5. The van der Waals surface area contributed by atoms with Crippen molar-refractivity contribution < 1.29 is 252 Å². The monoisotopic (exact) mass is 1950 g/mol. The van der Waals surface area contributed by atoms with Gasteiger partial charge in [-0.2, -0.15) is 0 Å². The summed E-state index contributed by atoms with van der Waals surface area (Å²) in [5.74, 6) is -72.0. The summed E-state index contributed by atoms with van der Waals surface area (Å²) in [6.07, 6.45) is 0. The van der Waals surface area contributed by atoms with Gasteiger partial charge in [-0.25, -0.2) is 57.5 Å². The van der Waals surface area contributed by atoms with Crippen molar-refractivity contribution in [3.63, 3.8) is 0 Å². The molecule has 51 nitrogen and oxygen atoms in total. The number of rotatable bonds is 24. The fourth-order valence-corrected chi connectivity index (χ4v) is 12.0. The highest BCUT2D eigenvalue weighted by Gasteiger charge is 2.36. The third-order valence-electron chi connectivity index (χ3n) is 18.8. The van der Waals surface area contributed by atoms with Crippen LogP contribution in [0, 0.1) is 0 Å². The van der Waals surface area contributed by atoms with E-state index in [2.05, 4.69) is 0 Å². The summed E-state index contributed by atoms with van der Waals surface area (Å²) in [6, 6.07) is 11.3. The minimum Gasteiger partial charge on any atom is -0.504 e. The SMILES string of the molecule is O=C(Oc1cc(OC(=O)c2cc(OC(=O)c3cc(O)c(O)c(O)c3)c(OC(=O)c3cc(O)c(O)c(O)c3)c(OC(=O)c3cc(O)c(O)c(O)c3)c2)cc(OC(=O)c2cc(OC(=O)c3cc(O)c(O)c(O)c3)c(OC(=O)c3cc(O)c(O)c(O)c3)c(OC(=O)c3cc(O)c(O)c(O)c3)c2)c1)c1cc(OC(=O)c2cc(O)c(O)c(O)c2)c(OC(=O)c2cc(O)c(O)c(O)c2)c(OC(=O)c2cc(O)c(O)c(O)c2)c1. The predicted octanol–water partition coefficient (Wildman–Crippen LogP) is 8.37. The Balaban J connectivity index is 1.01. The van der Waals surface area contributed by atoms with E-state index in [1.54, 1.807) is 0 Å². The molecular formula is C90H54O51. The van der Waals surface area contributed by atoms with Crippen LogP contribution in [0.25, 0.3) is 0 Å². The van der Waals surface area contributed by atoms with E-state index in [-0.39, 0.29) is 0 Å². The fourth-order valence-electron chi connectivity index (χ4n) is 12.0. The van der Waals surface area contributed by atoms with Crippen molar-refractivity contribution in [1.82, 2.24) is 0 Å². The summed E-state index contributed by atoms with van der Waals surface area (Å²) in [5.41, 5.74) is -12.3. The average Bonchev–Trinajstić information content (AvgIpc) is 0.783. The van der Waals surface area contributed by atoms with Gasteiger partial charge in [-0.1, -0.05) is 0 Å². The summed E-state index contributed by atoms with van der Waals surface area (Å²) in [7, 11) is 0. The molecule has 13 aromatic carbocycles. The zero-order chi connectivity index (χ0) is 103. The summed E-state index contributed by atoms with van der Waals surface area (Å²) in [6.45, 7) is 0. The van der Waals surface area contributed by atoms with Gasteiger partial charge in [0.15, 0.2) is 190 Å². The third kappa shape index (κ3) is 20.6. The van der Waals surface area contributed by atoms with Gasteiger partial charge in [0.05, 0.1) is 66.8 Å². The molecule has 0 unspecified atom stereocenters. The number of phenols is 27. The number of phenolic OH excluding ortho intramolecular Hbond substituents is 27. The summed E-state index contributed by atoms with van der Waals surface area (Å²) >= 11 is 0. The van der Waals surface area contributed by atoms with E-state index in [4.69, 9.17) is 56.8 Å². The molecule has 0 fully saturated rings. The molecule has 0 heterocycles. The predicted molar refractivity (Wildman–Crippen MR) is 448 cm³/mol. The summed E-state index contributed by atoms with van der Waals surface area (Å²) in [5, 5.41) is 280. The van der Waals surface area contributed by atoms with Crippen LogP contribution in [0.3, 0.4) is 0 Å². The highest BCUT2D eigenvalue weighted by atomic mass is 16.6. The van der Waals surface area contributed by atoms with Crippen molar-refractivity contribution in [3.05, 3.63) is 231 Å². The Morgan fingerprint density at radius 1 is 0.121 bits per heavy atom. The average molecular weight is 1950 g/mol. The first kappa shape index (κ1) is 96.7. The van der Waals surface area contributed by atoms with Crippen LogP contribution in [0.2, 0.25) is 0 Å². The van der Waals surface area contributed by atoms with Gasteiger partial charge in [-0.05, 0) is 146 Å². The minimum absolute atomic E-state index is 0.345. The molecule has 141 heavy (non-hydrogen) atoms. The molecule has 0 saturated heterocycles.